The molecule has 0 unspecified atom stereocenters. The summed E-state index contributed by atoms with van der Waals surface area (Å²) in [4.78, 5) is 11.8. The van der Waals surface area contributed by atoms with Crippen LogP contribution in [-0.2, 0) is 21.2 Å². The summed E-state index contributed by atoms with van der Waals surface area (Å²) in [6.07, 6.45) is 3.47. The molecule has 0 saturated heterocycles. The second-order valence-electron chi connectivity index (χ2n) is 5.59. The smallest absolute Gasteiger partial charge is 0.225 e. The number of aryl methyl sites for hydroxylation is 1. The van der Waals surface area contributed by atoms with Gasteiger partial charge in [0.2, 0.25) is 15.9 Å². The summed E-state index contributed by atoms with van der Waals surface area (Å²) in [5.41, 5.74) is 1.99. The van der Waals surface area contributed by atoms with Gasteiger partial charge in [0.25, 0.3) is 0 Å². The summed E-state index contributed by atoms with van der Waals surface area (Å²) in [6, 6.07) is 7.77. The molecule has 1 aromatic carbocycles. The van der Waals surface area contributed by atoms with E-state index in [4.69, 9.17) is 0 Å². The fourth-order valence-electron chi connectivity index (χ4n) is 1.83. The summed E-state index contributed by atoms with van der Waals surface area (Å²) in [6.45, 7) is 5.47. The normalized spacial score (nSPS) is 11.6. The molecule has 0 aromatic heterocycles. The topological polar surface area (TPSA) is 75.3 Å². The molecule has 0 radical (unpaired) electrons. The van der Waals surface area contributed by atoms with Crippen LogP contribution in [0.15, 0.2) is 24.3 Å². The van der Waals surface area contributed by atoms with Gasteiger partial charge in [-0.25, -0.2) is 13.1 Å². The van der Waals surface area contributed by atoms with Crippen molar-refractivity contribution in [3.05, 3.63) is 29.8 Å². The fourth-order valence-corrected chi connectivity index (χ4v) is 2.55. The van der Waals surface area contributed by atoms with Crippen LogP contribution in [0.4, 0.5) is 5.69 Å². The van der Waals surface area contributed by atoms with E-state index in [1.165, 1.54) is 5.56 Å². The van der Waals surface area contributed by atoms with E-state index >= 15 is 0 Å². The zero-order chi connectivity index (χ0) is 16.6. The molecule has 0 aliphatic carbocycles. The summed E-state index contributed by atoms with van der Waals surface area (Å²) in [7, 11) is -3.31. The number of carbonyl (C=O) groups is 1. The number of nitrogens with one attached hydrogen (secondary N) is 2. The molecule has 0 aliphatic rings. The molecule has 0 saturated carbocycles. The predicted molar refractivity (Wildman–Crippen MR) is 90.4 cm³/mol. The highest BCUT2D eigenvalue weighted by molar-refractivity contribution is 7.90. The Morgan fingerprint density at radius 2 is 1.82 bits per heavy atom. The van der Waals surface area contributed by atoms with Crippen LogP contribution < -0.4 is 10.0 Å². The van der Waals surface area contributed by atoms with Crippen molar-refractivity contribution >= 4 is 21.6 Å². The van der Waals surface area contributed by atoms with Crippen molar-refractivity contribution in [1.29, 1.82) is 0 Å². The lowest BCUT2D eigenvalue weighted by Gasteiger charge is -2.10. The van der Waals surface area contributed by atoms with Gasteiger partial charge < -0.3 is 5.32 Å². The maximum atomic E-state index is 11.8. The first-order valence-electron chi connectivity index (χ1n) is 7.72. The van der Waals surface area contributed by atoms with E-state index in [9.17, 15) is 13.2 Å². The molecule has 22 heavy (non-hydrogen) atoms. The molecule has 0 atom stereocenters. The highest BCUT2D eigenvalue weighted by atomic mass is 32.2. The molecule has 6 heteroatoms. The van der Waals surface area contributed by atoms with Gasteiger partial charge in [-0.15, -0.1) is 0 Å². The van der Waals surface area contributed by atoms with Crippen molar-refractivity contribution in [3.8, 4) is 0 Å². The van der Waals surface area contributed by atoms with Crippen LogP contribution in [0.2, 0.25) is 0 Å². The standard InChI is InChI=1S/C16H26N2O3S/c1-4-5-6-14-7-9-15(10-8-14)18-16(19)11-12-17-22(20,21)13(2)3/h7-10,13,17H,4-6,11-12H2,1-3H3,(H,18,19). The van der Waals surface area contributed by atoms with E-state index in [2.05, 4.69) is 17.0 Å². The van der Waals surface area contributed by atoms with Gasteiger partial charge in [0.1, 0.15) is 0 Å². The van der Waals surface area contributed by atoms with Crippen LogP contribution >= 0.6 is 0 Å². The molecule has 0 bridgehead atoms. The number of anilines is 1. The quantitative estimate of drug-likeness (QED) is 0.732. The van der Waals surface area contributed by atoms with E-state index in [-0.39, 0.29) is 18.9 Å². The maximum absolute atomic E-state index is 11.8. The third-order valence-electron chi connectivity index (χ3n) is 3.33. The van der Waals surface area contributed by atoms with E-state index in [0.29, 0.717) is 0 Å². The molecule has 1 aromatic rings. The Balaban J connectivity index is 2.39. The number of hydrogen-bond acceptors (Lipinski definition) is 3. The zero-order valence-corrected chi connectivity index (χ0v) is 14.4. The average Bonchev–Trinajstić information content (AvgIpc) is 2.46. The first-order chi connectivity index (χ1) is 10.3. The third kappa shape index (κ3) is 6.58. The lowest BCUT2D eigenvalue weighted by molar-refractivity contribution is -0.116. The molecule has 5 nitrogen and oxygen atoms in total. The number of benzene rings is 1. The molecule has 1 amide bonds. The number of carbonyl (C=O) groups excluding carboxylic acids is 1. The minimum Gasteiger partial charge on any atom is -0.326 e. The van der Waals surface area contributed by atoms with Gasteiger partial charge in [-0.1, -0.05) is 25.5 Å². The van der Waals surface area contributed by atoms with Crippen LogP contribution in [0.25, 0.3) is 0 Å². The van der Waals surface area contributed by atoms with Crippen molar-refractivity contribution in [1.82, 2.24) is 4.72 Å². The fraction of sp³-hybridized carbons (Fsp3) is 0.562. The Morgan fingerprint density at radius 1 is 1.18 bits per heavy atom. The van der Waals surface area contributed by atoms with E-state index in [1.54, 1.807) is 13.8 Å². The zero-order valence-electron chi connectivity index (χ0n) is 13.6. The predicted octanol–water partition coefficient (Wildman–Crippen LogP) is 2.69. The van der Waals surface area contributed by atoms with E-state index < -0.39 is 15.3 Å². The number of unbranched alkanes of at least 4 members (excludes halogenated alkanes) is 1. The largest absolute Gasteiger partial charge is 0.326 e. The summed E-state index contributed by atoms with van der Waals surface area (Å²) >= 11 is 0. The molecule has 1 rings (SSSR count). The lowest BCUT2D eigenvalue weighted by atomic mass is 10.1. The Labute approximate surface area is 133 Å². The third-order valence-corrected chi connectivity index (χ3v) is 5.18. The van der Waals surface area contributed by atoms with Crippen LogP contribution in [0.3, 0.4) is 0 Å². The van der Waals surface area contributed by atoms with Crippen LogP contribution in [-0.4, -0.2) is 26.1 Å². The van der Waals surface area contributed by atoms with E-state index in [1.807, 2.05) is 24.3 Å². The summed E-state index contributed by atoms with van der Waals surface area (Å²) < 4.78 is 25.5. The van der Waals surface area contributed by atoms with Gasteiger partial charge in [0, 0.05) is 18.7 Å². The van der Waals surface area contributed by atoms with Gasteiger partial charge in [-0.05, 0) is 44.4 Å². The molecule has 0 aliphatic heterocycles. The highest BCUT2D eigenvalue weighted by Gasteiger charge is 2.15. The van der Waals surface area contributed by atoms with Crippen LogP contribution in [0, 0.1) is 0 Å². The van der Waals surface area contributed by atoms with Crippen molar-refractivity contribution in [2.24, 2.45) is 0 Å². The Morgan fingerprint density at radius 3 is 2.36 bits per heavy atom. The van der Waals surface area contributed by atoms with E-state index in [0.717, 1.165) is 24.9 Å². The average molecular weight is 326 g/mol. The molecule has 0 spiro atoms. The van der Waals surface area contributed by atoms with Crippen molar-refractivity contribution in [2.45, 2.75) is 51.7 Å². The van der Waals surface area contributed by atoms with Crippen molar-refractivity contribution < 1.29 is 13.2 Å². The monoisotopic (exact) mass is 326 g/mol. The highest BCUT2D eigenvalue weighted by Crippen LogP contribution is 2.12. The minimum atomic E-state index is -3.31. The van der Waals surface area contributed by atoms with Gasteiger partial charge in [-0.2, -0.15) is 0 Å². The molecule has 124 valence electrons. The van der Waals surface area contributed by atoms with Gasteiger partial charge >= 0.3 is 0 Å². The van der Waals surface area contributed by atoms with Gasteiger partial charge in [-0.3, -0.25) is 4.79 Å². The summed E-state index contributed by atoms with van der Waals surface area (Å²) in [5, 5.41) is 2.27. The molecule has 0 heterocycles. The lowest BCUT2D eigenvalue weighted by Crippen LogP contribution is -2.33. The summed E-state index contributed by atoms with van der Waals surface area (Å²) in [5.74, 6) is -0.201. The number of rotatable bonds is 9. The first-order valence-corrected chi connectivity index (χ1v) is 9.27. The number of sulfonamides is 1. The van der Waals surface area contributed by atoms with Crippen molar-refractivity contribution in [3.63, 3.8) is 0 Å². The first kappa shape index (κ1) is 18.6. The van der Waals surface area contributed by atoms with Crippen LogP contribution in [0.1, 0.15) is 45.6 Å². The van der Waals surface area contributed by atoms with Gasteiger partial charge in [0.15, 0.2) is 0 Å². The SMILES string of the molecule is CCCCc1ccc(NC(=O)CCNS(=O)(=O)C(C)C)cc1. The second-order valence-corrected chi connectivity index (χ2v) is 7.91. The number of amides is 1. The number of hydrogen-bond donors (Lipinski definition) is 2. The van der Waals surface area contributed by atoms with Crippen molar-refractivity contribution in [2.75, 3.05) is 11.9 Å². The second kappa shape index (κ2) is 8.90. The Bertz CT molecular complexity index is 566. The molecular formula is C16H26N2O3S. The minimum absolute atomic E-state index is 0.112. The molecular weight excluding hydrogens is 300 g/mol. The maximum Gasteiger partial charge on any atom is 0.225 e. The molecule has 2 N–H and O–H groups in total. The molecule has 0 fully saturated rings. The Hall–Kier alpha value is -1.40. The van der Waals surface area contributed by atoms with Gasteiger partial charge in [0.05, 0.1) is 5.25 Å². The Kier molecular flexibility index (Phi) is 7.55. The van der Waals surface area contributed by atoms with Crippen LogP contribution in [0.5, 0.6) is 0 Å².